The van der Waals surface area contributed by atoms with E-state index < -0.39 is 0 Å². The lowest BCUT2D eigenvalue weighted by atomic mass is 9.93. The molecule has 3 nitrogen and oxygen atoms in total. The molecule has 1 saturated heterocycles. The van der Waals surface area contributed by atoms with Gasteiger partial charge in [0.25, 0.3) is 5.91 Å². The third-order valence-electron chi connectivity index (χ3n) is 3.72. The fourth-order valence-corrected chi connectivity index (χ4v) is 2.64. The van der Waals surface area contributed by atoms with E-state index in [9.17, 15) is 4.79 Å². The number of aromatic amines is 1. The molecule has 1 N–H and O–H groups in total. The predicted octanol–water partition coefficient (Wildman–Crippen LogP) is 3.04. The maximum absolute atomic E-state index is 12.4. The molecule has 0 bridgehead atoms. The van der Waals surface area contributed by atoms with E-state index in [4.69, 9.17) is 0 Å². The number of hydrogen-bond donors (Lipinski definition) is 1. The maximum Gasteiger partial charge on any atom is 0.270 e. The molecule has 1 aliphatic rings. The number of hydrogen-bond acceptors (Lipinski definition) is 1. The van der Waals surface area contributed by atoms with Gasteiger partial charge in [-0.3, -0.25) is 4.79 Å². The van der Waals surface area contributed by atoms with E-state index in [0.29, 0.717) is 5.69 Å². The van der Waals surface area contributed by atoms with Crippen LogP contribution in [-0.4, -0.2) is 28.9 Å². The van der Waals surface area contributed by atoms with Gasteiger partial charge in [-0.25, -0.2) is 0 Å². The van der Waals surface area contributed by atoms with Crippen LogP contribution in [0.1, 0.15) is 30.8 Å². The quantitative estimate of drug-likeness (QED) is 0.819. The van der Waals surface area contributed by atoms with E-state index in [2.05, 4.69) is 18.8 Å². The number of carbonyl (C=O) groups excluding carboxylic acids is 1. The summed E-state index contributed by atoms with van der Waals surface area (Å²) >= 11 is 0. The van der Waals surface area contributed by atoms with Gasteiger partial charge in [0.1, 0.15) is 5.69 Å². The predicted molar refractivity (Wildman–Crippen MR) is 72.6 cm³/mol. The largest absolute Gasteiger partial charge is 0.351 e. The molecular weight excluding hydrogens is 224 g/mol. The number of likely N-dealkylation sites (tertiary alicyclic amines) is 1. The molecule has 1 aliphatic heterocycles. The molecule has 1 amide bonds. The monoisotopic (exact) mass is 242 g/mol. The van der Waals surface area contributed by atoms with E-state index in [1.54, 1.807) is 0 Å². The molecule has 3 heteroatoms. The number of aromatic nitrogens is 1. The van der Waals surface area contributed by atoms with Gasteiger partial charge < -0.3 is 9.88 Å². The number of amides is 1. The Balaban J connectivity index is 1.88. The molecule has 0 saturated carbocycles. The summed E-state index contributed by atoms with van der Waals surface area (Å²) in [7, 11) is 0. The molecule has 18 heavy (non-hydrogen) atoms. The van der Waals surface area contributed by atoms with Crippen molar-refractivity contribution in [2.45, 2.75) is 20.3 Å². The maximum atomic E-state index is 12.4. The summed E-state index contributed by atoms with van der Waals surface area (Å²) in [6.45, 7) is 6.14. The van der Waals surface area contributed by atoms with Crippen molar-refractivity contribution in [3.05, 3.63) is 36.0 Å². The lowest BCUT2D eigenvalue weighted by Gasteiger charge is -2.19. The Morgan fingerprint density at radius 3 is 2.78 bits per heavy atom. The average Bonchev–Trinajstić information content (AvgIpc) is 2.91. The zero-order chi connectivity index (χ0) is 12.8. The van der Waals surface area contributed by atoms with Crippen molar-refractivity contribution in [1.82, 2.24) is 9.88 Å². The van der Waals surface area contributed by atoms with Crippen molar-refractivity contribution >= 4 is 16.8 Å². The smallest absolute Gasteiger partial charge is 0.270 e. The summed E-state index contributed by atoms with van der Waals surface area (Å²) in [5, 5.41) is 1.10. The van der Waals surface area contributed by atoms with Crippen LogP contribution in [0.15, 0.2) is 30.3 Å². The van der Waals surface area contributed by atoms with Gasteiger partial charge in [-0.15, -0.1) is 0 Å². The second-order valence-electron chi connectivity index (χ2n) is 5.91. The molecule has 0 spiro atoms. The van der Waals surface area contributed by atoms with E-state index in [0.717, 1.165) is 30.4 Å². The average molecular weight is 242 g/mol. The van der Waals surface area contributed by atoms with Crippen LogP contribution in [0.5, 0.6) is 0 Å². The van der Waals surface area contributed by atoms with E-state index in [-0.39, 0.29) is 11.3 Å². The lowest BCUT2D eigenvalue weighted by Crippen LogP contribution is -2.30. The Morgan fingerprint density at radius 2 is 2.11 bits per heavy atom. The van der Waals surface area contributed by atoms with E-state index >= 15 is 0 Å². The van der Waals surface area contributed by atoms with Crippen LogP contribution >= 0.6 is 0 Å². The number of benzene rings is 1. The minimum absolute atomic E-state index is 0.122. The first-order valence-corrected chi connectivity index (χ1v) is 6.42. The van der Waals surface area contributed by atoms with E-state index in [1.807, 2.05) is 35.2 Å². The van der Waals surface area contributed by atoms with Crippen LogP contribution in [0.25, 0.3) is 10.9 Å². The summed E-state index contributed by atoms with van der Waals surface area (Å²) in [4.78, 5) is 17.6. The van der Waals surface area contributed by atoms with Gasteiger partial charge in [0.05, 0.1) is 0 Å². The number of rotatable bonds is 1. The number of nitrogens with zero attached hydrogens (tertiary/aromatic N) is 1. The Hall–Kier alpha value is -1.77. The van der Waals surface area contributed by atoms with Crippen molar-refractivity contribution in [1.29, 1.82) is 0 Å². The van der Waals surface area contributed by atoms with Crippen molar-refractivity contribution in [2.75, 3.05) is 13.1 Å². The fourth-order valence-electron chi connectivity index (χ4n) is 2.64. The normalized spacial score (nSPS) is 18.4. The second kappa shape index (κ2) is 3.87. The molecular formula is C15H18N2O. The van der Waals surface area contributed by atoms with Crippen LogP contribution in [0.2, 0.25) is 0 Å². The first-order valence-electron chi connectivity index (χ1n) is 6.42. The highest BCUT2D eigenvalue weighted by Gasteiger charge is 2.32. The molecule has 94 valence electrons. The SMILES string of the molecule is CC1(C)CCN(C(=O)c2cc3ccccc3[nH]2)C1. The zero-order valence-electron chi connectivity index (χ0n) is 10.9. The van der Waals surface area contributed by atoms with Crippen LogP contribution in [0.3, 0.4) is 0 Å². The van der Waals surface area contributed by atoms with Crippen LogP contribution in [0, 0.1) is 5.41 Å². The van der Waals surface area contributed by atoms with Crippen LogP contribution in [0.4, 0.5) is 0 Å². The first-order chi connectivity index (χ1) is 8.55. The Bertz CT molecular complexity index is 564. The second-order valence-corrected chi connectivity index (χ2v) is 5.91. The summed E-state index contributed by atoms with van der Waals surface area (Å²) < 4.78 is 0. The van der Waals surface area contributed by atoms with Crippen molar-refractivity contribution in [2.24, 2.45) is 5.41 Å². The Morgan fingerprint density at radius 1 is 1.33 bits per heavy atom. The standard InChI is InChI=1S/C15H18N2O/c1-15(2)7-8-17(10-15)14(18)13-9-11-5-3-4-6-12(11)16-13/h3-6,9,16H,7-8,10H2,1-2H3. The summed E-state index contributed by atoms with van der Waals surface area (Å²) in [6.07, 6.45) is 1.08. The Kier molecular flexibility index (Phi) is 2.44. The summed E-state index contributed by atoms with van der Waals surface area (Å²) in [5.74, 6) is 0.122. The highest BCUT2D eigenvalue weighted by Crippen LogP contribution is 2.30. The first kappa shape index (κ1) is 11.3. The molecule has 0 aliphatic carbocycles. The third kappa shape index (κ3) is 1.90. The minimum Gasteiger partial charge on any atom is -0.351 e. The minimum atomic E-state index is 0.122. The fraction of sp³-hybridized carbons (Fsp3) is 0.400. The van der Waals surface area contributed by atoms with Gasteiger partial charge in [-0.2, -0.15) is 0 Å². The molecule has 0 atom stereocenters. The van der Waals surface area contributed by atoms with Crippen LogP contribution in [-0.2, 0) is 0 Å². The lowest BCUT2D eigenvalue weighted by molar-refractivity contribution is 0.0773. The van der Waals surface area contributed by atoms with Gasteiger partial charge >= 0.3 is 0 Å². The molecule has 0 radical (unpaired) electrons. The number of nitrogens with one attached hydrogen (secondary N) is 1. The van der Waals surface area contributed by atoms with Crippen molar-refractivity contribution in [3.8, 4) is 0 Å². The topological polar surface area (TPSA) is 36.1 Å². The van der Waals surface area contributed by atoms with Crippen molar-refractivity contribution in [3.63, 3.8) is 0 Å². The van der Waals surface area contributed by atoms with Crippen molar-refractivity contribution < 1.29 is 4.79 Å². The highest BCUT2D eigenvalue weighted by molar-refractivity contribution is 5.98. The van der Waals surface area contributed by atoms with Gasteiger partial charge in [0.15, 0.2) is 0 Å². The van der Waals surface area contributed by atoms with E-state index in [1.165, 1.54) is 0 Å². The van der Waals surface area contributed by atoms with Gasteiger partial charge in [0, 0.05) is 24.0 Å². The summed E-state index contributed by atoms with van der Waals surface area (Å²) in [5.41, 5.74) is 1.98. The number of fused-ring (bicyclic) bond motifs is 1. The molecule has 2 heterocycles. The van der Waals surface area contributed by atoms with Gasteiger partial charge in [0.2, 0.25) is 0 Å². The third-order valence-corrected chi connectivity index (χ3v) is 3.72. The highest BCUT2D eigenvalue weighted by atomic mass is 16.2. The molecule has 2 aromatic rings. The Labute approximate surface area is 107 Å². The number of carbonyl (C=O) groups is 1. The van der Waals surface area contributed by atoms with Gasteiger partial charge in [-0.1, -0.05) is 32.0 Å². The zero-order valence-corrected chi connectivity index (χ0v) is 10.9. The number of para-hydroxylation sites is 1. The summed E-state index contributed by atoms with van der Waals surface area (Å²) in [6, 6.07) is 9.94. The van der Waals surface area contributed by atoms with Crippen LogP contribution < -0.4 is 0 Å². The molecule has 1 aromatic carbocycles. The van der Waals surface area contributed by atoms with Gasteiger partial charge in [-0.05, 0) is 24.0 Å². The molecule has 1 fully saturated rings. The number of H-pyrrole nitrogens is 1. The molecule has 3 rings (SSSR count). The molecule has 1 aromatic heterocycles. The molecule has 0 unspecified atom stereocenters.